The number of anilines is 1. The summed E-state index contributed by atoms with van der Waals surface area (Å²) in [6.07, 6.45) is 2.43. The van der Waals surface area contributed by atoms with Gasteiger partial charge in [0.25, 0.3) is 0 Å². The molecular weight excluding hydrogens is 272 g/mol. The highest BCUT2D eigenvalue weighted by Crippen LogP contribution is 2.20. The van der Waals surface area contributed by atoms with Crippen molar-refractivity contribution in [2.45, 2.75) is 33.6 Å². The fourth-order valence-electron chi connectivity index (χ4n) is 3.29. The molecule has 1 aliphatic heterocycles. The van der Waals surface area contributed by atoms with Crippen LogP contribution < -0.4 is 11.1 Å². The fourth-order valence-corrected chi connectivity index (χ4v) is 3.29. The minimum atomic E-state index is 0.504. The smallest absolute Gasteiger partial charge is 0.193 e. The molecule has 1 fully saturated rings. The second kappa shape index (κ2) is 8.18. The predicted molar refractivity (Wildman–Crippen MR) is 95.3 cm³/mol. The molecule has 2 rings (SSSR count). The van der Waals surface area contributed by atoms with Crippen LogP contribution in [0.2, 0.25) is 0 Å². The maximum atomic E-state index is 5.93. The van der Waals surface area contributed by atoms with Gasteiger partial charge in [0.2, 0.25) is 0 Å². The number of hydrogen-bond donors (Lipinski definition) is 2. The zero-order valence-corrected chi connectivity index (χ0v) is 14.2. The average molecular weight is 302 g/mol. The monoisotopic (exact) mass is 302 g/mol. The highest BCUT2D eigenvalue weighted by Gasteiger charge is 2.20. The van der Waals surface area contributed by atoms with Gasteiger partial charge in [-0.1, -0.05) is 31.5 Å². The molecule has 1 saturated heterocycles. The Kier molecular flexibility index (Phi) is 6.25. The molecule has 3 N–H and O–H groups in total. The lowest BCUT2D eigenvalue weighted by Crippen LogP contribution is -2.39. The number of aliphatic imine (C=N–C) groups is 1. The van der Waals surface area contributed by atoms with Crippen LogP contribution in [-0.4, -0.2) is 37.0 Å². The molecule has 4 nitrogen and oxygen atoms in total. The SMILES string of the molecule is Cc1ccc(NC(N)=NCCCN2CC(C)CC(C)C2)cc1. The Morgan fingerprint density at radius 2 is 1.86 bits per heavy atom. The lowest BCUT2D eigenvalue weighted by Gasteiger charge is -2.34. The van der Waals surface area contributed by atoms with Gasteiger partial charge >= 0.3 is 0 Å². The van der Waals surface area contributed by atoms with Crippen molar-refractivity contribution in [1.82, 2.24) is 4.90 Å². The van der Waals surface area contributed by atoms with Crippen molar-refractivity contribution in [3.8, 4) is 0 Å². The van der Waals surface area contributed by atoms with Crippen LogP contribution >= 0.6 is 0 Å². The van der Waals surface area contributed by atoms with Crippen LogP contribution in [0.1, 0.15) is 32.3 Å². The first-order chi connectivity index (χ1) is 10.5. The van der Waals surface area contributed by atoms with E-state index in [2.05, 4.69) is 48.1 Å². The van der Waals surface area contributed by atoms with Gasteiger partial charge in [0.05, 0.1) is 0 Å². The van der Waals surface area contributed by atoms with Crippen LogP contribution in [0.25, 0.3) is 0 Å². The fraction of sp³-hybridized carbons (Fsp3) is 0.611. The highest BCUT2D eigenvalue weighted by molar-refractivity contribution is 5.92. The zero-order chi connectivity index (χ0) is 15.9. The summed E-state index contributed by atoms with van der Waals surface area (Å²) in [5, 5.41) is 3.14. The maximum Gasteiger partial charge on any atom is 0.193 e. The second-order valence-electron chi connectivity index (χ2n) is 6.82. The first kappa shape index (κ1) is 16.8. The predicted octanol–water partition coefficient (Wildman–Crippen LogP) is 3.09. The Balaban J connectivity index is 1.69. The lowest BCUT2D eigenvalue weighted by molar-refractivity contribution is 0.140. The number of benzene rings is 1. The summed E-state index contributed by atoms with van der Waals surface area (Å²) in [5.41, 5.74) is 8.17. The Morgan fingerprint density at radius 3 is 2.50 bits per heavy atom. The first-order valence-electron chi connectivity index (χ1n) is 8.39. The molecule has 0 aromatic heterocycles. The number of nitrogens with zero attached hydrogens (tertiary/aromatic N) is 2. The number of nitrogens with two attached hydrogens (primary N) is 1. The van der Waals surface area contributed by atoms with Crippen molar-refractivity contribution in [2.75, 3.05) is 31.5 Å². The number of likely N-dealkylation sites (tertiary alicyclic amines) is 1. The third-order valence-corrected chi connectivity index (χ3v) is 4.18. The van der Waals surface area contributed by atoms with E-state index >= 15 is 0 Å². The van der Waals surface area contributed by atoms with Gasteiger partial charge in [-0.15, -0.1) is 0 Å². The van der Waals surface area contributed by atoms with Crippen molar-refractivity contribution >= 4 is 11.6 Å². The van der Waals surface area contributed by atoms with Gasteiger partial charge in [-0.05, 0) is 50.3 Å². The Labute approximate surface area is 134 Å². The van der Waals surface area contributed by atoms with E-state index in [0.717, 1.165) is 37.0 Å². The van der Waals surface area contributed by atoms with E-state index in [4.69, 9.17) is 5.73 Å². The van der Waals surface area contributed by atoms with Gasteiger partial charge < -0.3 is 16.0 Å². The minimum Gasteiger partial charge on any atom is -0.370 e. The third kappa shape index (κ3) is 5.68. The molecule has 1 aliphatic rings. The molecule has 0 bridgehead atoms. The quantitative estimate of drug-likeness (QED) is 0.499. The number of rotatable bonds is 5. The molecular formula is C18H30N4. The van der Waals surface area contributed by atoms with Crippen LogP contribution in [0, 0.1) is 18.8 Å². The number of piperidine rings is 1. The summed E-state index contributed by atoms with van der Waals surface area (Å²) >= 11 is 0. The summed E-state index contributed by atoms with van der Waals surface area (Å²) in [5.74, 6) is 2.14. The maximum absolute atomic E-state index is 5.93. The van der Waals surface area contributed by atoms with Gasteiger partial charge in [0, 0.05) is 25.3 Å². The molecule has 122 valence electrons. The average Bonchev–Trinajstić information content (AvgIpc) is 2.45. The van der Waals surface area contributed by atoms with E-state index in [1.807, 2.05) is 12.1 Å². The van der Waals surface area contributed by atoms with Gasteiger partial charge in [0.1, 0.15) is 0 Å². The van der Waals surface area contributed by atoms with E-state index < -0.39 is 0 Å². The molecule has 0 saturated carbocycles. The van der Waals surface area contributed by atoms with Crippen LogP contribution in [0.3, 0.4) is 0 Å². The van der Waals surface area contributed by atoms with E-state index in [9.17, 15) is 0 Å². The van der Waals surface area contributed by atoms with Crippen LogP contribution in [0.4, 0.5) is 5.69 Å². The van der Waals surface area contributed by atoms with Crippen LogP contribution in [0.5, 0.6) is 0 Å². The Hall–Kier alpha value is -1.55. The van der Waals surface area contributed by atoms with Gasteiger partial charge in [-0.2, -0.15) is 0 Å². The molecule has 2 atom stereocenters. The summed E-state index contributed by atoms with van der Waals surface area (Å²) in [6.45, 7) is 11.1. The van der Waals surface area contributed by atoms with Gasteiger partial charge in [0.15, 0.2) is 5.96 Å². The van der Waals surface area contributed by atoms with E-state index in [1.165, 1.54) is 25.1 Å². The highest BCUT2D eigenvalue weighted by atomic mass is 15.1. The standard InChI is InChI=1S/C18H30N4/c1-14-5-7-17(8-6-14)21-18(19)20-9-4-10-22-12-15(2)11-16(3)13-22/h5-8,15-16H,4,9-13H2,1-3H3,(H3,19,20,21). The Bertz CT molecular complexity index is 470. The van der Waals surface area contributed by atoms with Crippen LogP contribution in [-0.2, 0) is 0 Å². The summed E-state index contributed by atoms with van der Waals surface area (Å²) < 4.78 is 0. The normalized spacial score (nSPS) is 23.5. The van der Waals surface area contributed by atoms with Crippen molar-refractivity contribution in [2.24, 2.45) is 22.6 Å². The number of nitrogens with one attached hydrogen (secondary N) is 1. The molecule has 1 aromatic rings. The molecule has 4 heteroatoms. The van der Waals surface area contributed by atoms with E-state index in [1.54, 1.807) is 0 Å². The van der Waals surface area contributed by atoms with Crippen LogP contribution in [0.15, 0.2) is 29.3 Å². The minimum absolute atomic E-state index is 0.504. The van der Waals surface area contributed by atoms with Crippen molar-refractivity contribution < 1.29 is 0 Å². The molecule has 0 radical (unpaired) electrons. The largest absolute Gasteiger partial charge is 0.370 e. The summed E-state index contributed by atoms with van der Waals surface area (Å²) in [7, 11) is 0. The molecule has 2 unspecified atom stereocenters. The molecule has 0 spiro atoms. The van der Waals surface area contributed by atoms with Crippen molar-refractivity contribution in [3.05, 3.63) is 29.8 Å². The van der Waals surface area contributed by atoms with Gasteiger partial charge in [-0.25, -0.2) is 0 Å². The van der Waals surface area contributed by atoms with Crippen molar-refractivity contribution in [3.63, 3.8) is 0 Å². The molecule has 1 heterocycles. The summed E-state index contributed by atoms with van der Waals surface area (Å²) in [4.78, 5) is 6.99. The molecule has 1 aromatic carbocycles. The molecule has 0 aliphatic carbocycles. The van der Waals surface area contributed by atoms with Crippen molar-refractivity contribution in [1.29, 1.82) is 0 Å². The summed E-state index contributed by atoms with van der Waals surface area (Å²) in [6, 6.07) is 8.17. The van der Waals surface area contributed by atoms with E-state index in [-0.39, 0.29) is 0 Å². The first-order valence-corrected chi connectivity index (χ1v) is 8.39. The number of hydrogen-bond acceptors (Lipinski definition) is 2. The van der Waals surface area contributed by atoms with E-state index in [0.29, 0.717) is 5.96 Å². The number of guanidine groups is 1. The third-order valence-electron chi connectivity index (χ3n) is 4.18. The Morgan fingerprint density at radius 1 is 1.23 bits per heavy atom. The van der Waals surface area contributed by atoms with Gasteiger partial charge in [-0.3, -0.25) is 4.99 Å². The molecule has 0 amide bonds. The number of aryl methyl sites for hydroxylation is 1. The second-order valence-corrected chi connectivity index (χ2v) is 6.82. The lowest BCUT2D eigenvalue weighted by atomic mass is 9.92. The molecule has 22 heavy (non-hydrogen) atoms. The zero-order valence-electron chi connectivity index (χ0n) is 14.2. The topological polar surface area (TPSA) is 53.6 Å².